The van der Waals surface area contributed by atoms with E-state index in [1.807, 2.05) is 6.92 Å². The van der Waals surface area contributed by atoms with E-state index in [9.17, 15) is 4.79 Å². The molecular weight excluding hydrogens is 330 g/mol. The molecule has 0 atom stereocenters. The van der Waals surface area contributed by atoms with E-state index in [2.05, 4.69) is 10.2 Å². The third-order valence-electron chi connectivity index (χ3n) is 3.41. The van der Waals surface area contributed by atoms with Crippen LogP contribution >= 0.6 is 11.6 Å². The molecule has 0 unspecified atom stereocenters. The second-order valence-electron chi connectivity index (χ2n) is 5.18. The Bertz CT molecular complexity index is 814. The number of aromatic nitrogens is 2. The van der Waals surface area contributed by atoms with Gasteiger partial charge in [-0.1, -0.05) is 30.7 Å². The molecule has 0 aliphatic heterocycles. The lowest BCUT2D eigenvalue weighted by Gasteiger charge is -2.20. The highest BCUT2D eigenvalue weighted by atomic mass is 35.5. The second kappa shape index (κ2) is 7.31. The minimum atomic E-state index is -0.166. The normalized spacial score (nSPS) is 10.8. The smallest absolute Gasteiger partial charge is 0.283 e. The van der Waals surface area contributed by atoms with Crippen LogP contribution < -0.4 is 0 Å². The van der Waals surface area contributed by atoms with Crippen LogP contribution in [0.3, 0.4) is 0 Å². The van der Waals surface area contributed by atoms with Crippen molar-refractivity contribution in [2.45, 2.75) is 19.9 Å². The Morgan fingerprint density at radius 1 is 1.21 bits per heavy atom. The van der Waals surface area contributed by atoms with Gasteiger partial charge in [-0.3, -0.25) is 4.79 Å². The number of halogens is 1. The van der Waals surface area contributed by atoms with Gasteiger partial charge in [-0.2, -0.15) is 0 Å². The molecule has 1 aromatic carbocycles. The summed E-state index contributed by atoms with van der Waals surface area (Å²) >= 11 is 6.13. The van der Waals surface area contributed by atoms with Gasteiger partial charge in [0.05, 0.1) is 23.4 Å². The molecule has 6 nitrogen and oxygen atoms in total. The molecular formula is C17H16ClN3O3. The minimum absolute atomic E-state index is 0.166. The van der Waals surface area contributed by atoms with Crippen molar-refractivity contribution < 1.29 is 13.6 Å². The topological polar surface area (TPSA) is 72.4 Å². The summed E-state index contributed by atoms with van der Waals surface area (Å²) in [5.41, 5.74) is 0.457. The van der Waals surface area contributed by atoms with Crippen molar-refractivity contribution in [2.75, 3.05) is 6.54 Å². The lowest BCUT2D eigenvalue weighted by Crippen LogP contribution is -2.31. The lowest BCUT2D eigenvalue weighted by molar-refractivity contribution is 0.0729. The number of furan rings is 1. The van der Waals surface area contributed by atoms with Crippen molar-refractivity contribution >= 4 is 17.5 Å². The highest BCUT2D eigenvalue weighted by Gasteiger charge is 2.21. The van der Waals surface area contributed by atoms with Crippen molar-refractivity contribution in [3.8, 4) is 11.7 Å². The lowest BCUT2D eigenvalue weighted by atomic mass is 10.2. The fourth-order valence-corrected chi connectivity index (χ4v) is 2.52. The predicted octanol–water partition coefficient (Wildman–Crippen LogP) is 4.04. The zero-order chi connectivity index (χ0) is 16.9. The van der Waals surface area contributed by atoms with Gasteiger partial charge in [-0.15, -0.1) is 10.2 Å². The van der Waals surface area contributed by atoms with Gasteiger partial charge in [0, 0.05) is 6.54 Å². The summed E-state index contributed by atoms with van der Waals surface area (Å²) in [6.07, 6.45) is 2.33. The van der Waals surface area contributed by atoms with E-state index in [4.69, 9.17) is 20.4 Å². The van der Waals surface area contributed by atoms with Gasteiger partial charge in [0.2, 0.25) is 5.89 Å². The Morgan fingerprint density at radius 2 is 2.04 bits per heavy atom. The number of rotatable bonds is 6. The molecule has 1 amide bonds. The van der Waals surface area contributed by atoms with Crippen molar-refractivity contribution in [3.05, 3.63) is 59.1 Å². The summed E-state index contributed by atoms with van der Waals surface area (Å²) < 4.78 is 10.8. The molecule has 7 heteroatoms. The van der Waals surface area contributed by atoms with Gasteiger partial charge < -0.3 is 13.7 Å². The van der Waals surface area contributed by atoms with E-state index >= 15 is 0 Å². The van der Waals surface area contributed by atoms with Crippen molar-refractivity contribution in [3.63, 3.8) is 0 Å². The quantitative estimate of drug-likeness (QED) is 0.674. The molecule has 24 heavy (non-hydrogen) atoms. The third-order valence-corrected chi connectivity index (χ3v) is 3.74. The summed E-state index contributed by atoms with van der Waals surface area (Å²) in [6, 6.07) is 10.4. The molecule has 0 radical (unpaired) electrons. The van der Waals surface area contributed by atoms with E-state index in [0.29, 0.717) is 28.8 Å². The summed E-state index contributed by atoms with van der Waals surface area (Å²) in [4.78, 5) is 14.4. The van der Waals surface area contributed by atoms with Gasteiger partial charge in [0.15, 0.2) is 5.76 Å². The van der Waals surface area contributed by atoms with E-state index < -0.39 is 0 Å². The molecule has 124 valence electrons. The molecule has 0 bridgehead atoms. The third kappa shape index (κ3) is 3.49. The van der Waals surface area contributed by atoms with Gasteiger partial charge in [0.1, 0.15) is 0 Å². The highest BCUT2D eigenvalue weighted by molar-refractivity contribution is 6.33. The average molecular weight is 346 g/mol. The Labute approximate surface area is 144 Å². The zero-order valence-corrected chi connectivity index (χ0v) is 13.9. The fourth-order valence-electron chi connectivity index (χ4n) is 2.31. The molecule has 0 aliphatic carbocycles. The molecule has 0 N–H and O–H groups in total. The van der Waals surface area contributed by atoms with Crippen LogP contribution in [-0.4, -0.2) is 27.5 Å². The standard InChI is InChI=1S/C17H16ClN3O3/c1-2-9-21(17(22)12-6-3-4-7-13(12)18)11-15-19-20-16(24-15)14-8-5-10-23-14/h3-8,10H,2,9,11H2,1H3. The van der Waals surface area contributed by atoms with Crippen LogP contribution in [0.4, 0.5) is 0 Å². The number of carbonyl (C=O) groups excluding carboxylic acids is 1. The van der Waals surface area contributed by atoms with E-state index in [0.717, 1.165) is 6.42 Å². The summed E-state index contributed by atoms with van der Waals surface area (Å²) in [7, 11) is 0. The molecule has 0 saturated heterocycles. The fraction of sp³-hybridized carbons (Fsp3) is 0.235. The van der Waals surface area contributed by atoms with Gasteiger partial charge >= 0.3 is 0 Å². The monoisotopic (exact) mass is 345 g/mol. The number of hydrogen-bond donors (Lipinski definition) is 0. The van der Waals surface area contributed by atoms with Crippen molar-refractivity contribution in [2.24, 2.45) is 0 Å². The first-order chi connectivity index (χ1) is 11.7. The first-order valence-electron chi connectivity index (χ1n) is 7.59. The van der Waals surface area contributed by atoms with E-state index in [1.165, 1.54) is 6.26 Å². The Balaban J connectivity index is 1.79. The molecule has 0 fully saturated rings. The van der Waals surface area contributed by atoms with Gasteiger partial charge in [-0.25, -0.2) is 0 Å². The SMILES string of the molecule is CCCN(Cc1nnc(-c2ccco2)o1)C(=O)c1ccccc1Cl. The Kier molecular flexibility index (Phi) is 4.96. The highest BCUT2D eigenvalue weighted by Crippen LogP contribution is 2.21. The predicted molar refractivity (Wildman–Crippen MR) is 88.5 cm³/mol. The second-order valence-corrected chi connectivity index (χ2v) is 5.59. The number of nitrogens with zero attached hydrogens (tertiary/aromatic N) is 3. The van der Waals surface area contributed by atoms with Crippen LogP contribution in [0, 0.1) is 0 Å². The van der Waals surface area contributed by atoms with Crippen LogP contribution in [0.2, 0.25) is 5.02 Å². The number of carbonyl (C=O) groups is 1. The van der Waals surface area contributed by atoms with E-state index in [-0.39, 0.29) is 18.3 Å². The zero-order valence-electron chi connectivity index (χ0n) is 13.1. The molecule has 3 aromatic rings. The molecule has 2 aromatic heterocycles. The Hall–Kier alpha value is -2.60. The van der Waals surface area contributed by atoms with Gasteiger partial charge in [-0.05, 0) is 30.7 Å². The molecule has 0 spiro atoms. The van der Waals surface area contributed by atoms with Crippen molar-refractivity contribution in [1.82, 2.24) is 15.1 Å². The molecule has 0 saturated carbocycles. The van der Waals surface area contributed by atoms with E-state index in [1.54, 1.807) is 41.3 Å². The summed E-state index contributed by atoms with van der Waals surface area (Å²) in [5.74, 6) is 0.959. The average Bonchev–Trinajstić information content (AvgIpc) is 3.25. The van der Waals surface area contributed by atoms with Crippen LogP contribution in [0.5, 0.6) is 0 Å². The summed E-state index contributed by atoms with van der Waals surface area (Å²) in [6.45, 7) is 2.77. The maximum Gasteiger partial charge on any atom is 0.283 e. The molecule has 2 heterocycles. The number of hydrogen-bond acceptors (Lipinski definition) is 5. The van der Waals surface area contributed by atoms with Crippen molar-refractivity contribution in [1.29, 1.82) is 0 Å². The molecule has 3 rings (SSSR count). The first kappa shape index (κ1) is 16.3. The van der Waals surface area contributed by atoms with Crippen LogP contribution in [0.1, 0.15) is 29.6 Å². The largest absolute Gasteiger partial charge is 0.459 e. The maximum atomic E-state index is 12.7. The Morgan fingerprint density at radius 3 is 2.75 bits per heavy atom. The number of benzene rings is 1. The maximum absolute atomic E-state index is 12.7. The number of amides is 1. The van der Waals surface area contributed by atoms with Crippen LogP contribution in [0.15, 0.2) is 51.5 Å². The van der Waals surface area contributed by atoms with Crippen LogP contribution in [0.25, 0.3) is 11.7 Å². The van der Waals surface area contributed by atoms with Gasteiger partial charge in [0.25, 0.3) is 11.8 Å². The molecule has 0 aliphatic rings. The summed E-state index contributed by atoms with van der Waals surface area (Å²) in [5, 5.41) is 8.36. The first-order valence-corrected chi connectivity index (χ1v) is 7.97. The minimum Gasteiger partial charge on any atom is -0.459 e. The van der Waals surface area contributed by atoms with Crippen LogP contribution in [-0.2, 0) is 6.54 Å².